The molecule has 1 N–H and O–H groups in total. The zero-order valence-corrected chi connectivity index (χ0v) is 13.5. The van der Waals surface area contributed by atoms with Crippen LogP contribution < -0.4 is 0 Å². The first-order chi connectivity index (χ1) is 11.2. The molecule has 0 saturated carbocycles. The van der Waals surface area contributed by atoms with Crippen LogP contribution in [0.15, 0.2) is 53.9 Å². The lowest BCUT2D eigenvalue weighted by atomic mass is 10.1. The van der Waals surface area contributed by atoms with Crippen LogP contribution in [-0.4, -0.2) is 10.1 Å². The molecule has 3 rings (SSSR count). The summed E-state index contributed by atoms with van der Waals surface area (Å²) >= 11 is 7.30. The van der Waals surface area contributed by atoms with E-state index < -0.39 is 0 Å². The van der Waals surface area contributed by atoms with E-state index in [1.807, 2.05) is 35.7 Å². The van der Waals surface area contributed by atoms with Gasteiger partial charge in [-0.15, -0.1) is 11.3 Å². The molecule has 0 fully saturated rings. The molecule has 0 radical (unpaired) electrons. The van der Waals surface area contributed by atoms with E-state index in [0.717, 1.165) is 16.8 Å². The minimum Gasteiger partial charge on any atom is -0.508 e. The Balaban J connectivity index is 1.94. The van der Waals surface area contributed by atoms with Crippen LogP contribution in [0.25, 0.3) is 22.9 Å². The Kier molecular flexibility index (Phi) is 4.42. The zero-order chi connectivity index (χ0) is 16.2. The molecule has 0 atom stereocenters. The van der Waals surface area contributed by atoms with E-state index in [1.165, 1.54) is 11.3 Å². The van der Waals surface area contributed by atoms with E-state index in [9.17, 15) is 10.4 Å². The maximum absolute atomic E-state index is 9.51. The highest BCUT2D eigenvalue weighted by Crippen LogP contribution is 2.28. The molecule has 2 aromatic carbocycles. The van der Waals surface area contributed by atoms with Gasteiger partial charge in [-0.1, -0.05) is 35.9 Å². The largest absolute Gasteiger partial charge is 0.508 e. The predicted molar refractivity (Wildman–Crippen MR) is 94.2 cm³/mol. The molecule has 112 valence electrons. The lowest BCUT2D eigenvalue weighted by Crippen LogP contribution is -1.83. The third kappa shape index (κ3) is 3.59. The van der Waals surface area contributed by atoms with Gasteiger partial charge in [-0.2, -0.15) is 5.26 Å². The van der Waals surface area contributed by atoms with E-state index in [1.54, 1.807) is 24.3 Å². The number of benzene rings is 2. The number of rotatable bonds is 3. The molecule has 0 saturated heterocycles. The average Bonchev–Trinajstić information content (AvgIpc) is 3.03. The fourth-order valence-corrected chi connectivity index (χ4v) is 2.99. The summed E-state index contributed by atoms with van der Waals surface area (Å²) < 4.78 is 0. The Morgan fingerprint density at radius 2 is 2.00 bits per heavy atom. The van der Waals surface area contributed by atoms with Crippen molar-refractivity contribution in [2.24, 2.45) is 0 Å². The molecule has 1 heterocycles. The molecule has 5 heteroatoms. The predicted octanol–water partition coefficient (Wildman–Crippen LogP) is 5.23. The molecule has 0 unspecified atom stereocenters. The zero-order valence-electron chi connectivity index (χ0n) is 11.9. The van der Waals surface area contributed by atoms with E-state index >= 15 is 0 Å². The number of hydrogen-bond acceptors (Lipinski definition) is 4. The van der Waals surface area contributed by atoms with Crippen molar-refractivity contribution in [3.8, 4) is 23.1 Å². The SMILES string of the molecule is N#C/C(=C/c1cccc(O)c1)c1nc(-c2ccc(Cl)cc2)cs1. The molecular weight excluding hydrogens is 328 g/mol. The number of hydrogen-bond donors (Lipinski definition) is 1. The Hall–Kier alpha value is -2.61. The standard InChI is InChI=1S/C18H11ClN2OS/c19-15-6-4-13(5-7-15)17-11-23-18(21-17)14(10-20)8-12-2-1-3-16(22)9-12/h1-9,11,22H/b14-8-. The van der Waals surface area contributed by atoms with Gasteiger partial charge in [0, 0.05) is 16.0 Å². The molecule has 0 aliphatic heterocycles. The summed E-state index contributed by atoms with van der Waals surface area (Å²) in [6.45, 7) is 0. The molecule has 23 heavy (non-hydrogen) atoms. The molecular formula is C18H11ClN2OS. The number of nitrogens with zero attached hydrogens (tertiary/aromatic N) is 2. The van der Waals surface area contributed by atoms with Gasteiger partial charge in [0.2, 0.25) is 0 Å². The van der Waals surface area contributed by atoms with E-state index in [2.05, 4.69) is 11.1 Å². The molecule has 0 spiro atoms. The third-order valence-corrected chi connectivity index (χ3v) is 4.30. The van der Waals surface area contributed by atoms with Crippen molar-refractivity contribution in [1.82, 2.24) is 4.98 Å². The van der Waals surface area contributed by atoms with Crippen LogP contribution in [0.1, 0.15) is 10.6 Å². The van der Waals surface area contributed by atoms with Gasteiger partial charge in [-0.05, 0) is 35.9 Å². The lowest BCUT2D eigenvalue weighted by molar-refractivity contribution is 0.475. The van der Waals surface area contributed by atoms with Gasteiger partial charge in [-0.25, -0.2) is 4.98 Å². The molecule has 3 nitrogen and oxygen atoms in total. The quantitative estimate of drug-likeness (QED) is 0.665. The monoisotopic (exact) mass is 338 g/mol. The van der Waals surface area contributed by atoms with Gasteiger partial charge in [0.05, 0.1) is 11.3 Å². The number of aromatic hydroxyl groups is 1. The van der Waals surface area contributed by atoms with Crippen molar-refractivity contribution in [3.63, 3.8) is 0 Å². The minimum atomic E-state index is 0.164. The van der Waals surface area contributed by atoms with Crippen molar-refractivity contribution in [2.45, 2.75) is 0 Å². The first kappa shape index (κ1) is 15.3. The first-order valence-electron chi connectivity index (χ1n) is 6.78. The second-order valence-electron chi connectivity index (χ2n) is 4.81. The van der Waals surface area contributed by atoms with Crippen LogP contribution in [0.4, 0.5) is 0 Å². The molecule has 0 amide bonds. The van der Waals surface area contributed by atoms with E-state index in [-0.39, 0.29) is 5.75 Å². The van der Waals surface area contributed by atoms with Crippen LogP contribution in [0, 0.1) is 11.3 Å². The highest BCUT2D eigenvalue weighted by molar-refractivity contribution is 7.11. The number of phenolic OH excluding ortho intramolecular Hbond substituents is 1. The summed E-state index contributed by atoms with van der Waals surface area (Å²) in [6, 6.07) is 16.3. The molecule has 0 aliphatic rings. The molecule has 1 aromatic heterocycles. The normalized spacial score (nSPS) is 11.2. The average molecular weight is 339 g/mol. The lowest BCUT2D eigenvalue weighted by Gasteiger charge is -1.98. The van der Waals surface area contributed by atoms with Crippen molar-refractivity contribution >= 4 is 34.6 Å². The van der Waals surface area contributed by atoms with E-state index in [0.29, 0.717) is 15.6 Å². The van der Waals surface area contributed by atoms with Crippen LogP contribution in [0.5, 0.6) is 5.75 Å². The second kappa shape index (κ2) is 6.66. The Bertz CT molecular complexity index is 907. The molecule has 0 bridgehead atoms. The summed E-state index contributed by atoms with van der Waals surface area (Å²) in [5, 5.41) is 22.1. The fraction of sp³-hybridized carbons (Fsp3) is 0. The van der Waals surface area contributed by atoms with Gasteiger partial charge in [0.25, 0.3) is 0 Å². The number of allylic oxidation sites excluding steroid dienone is 1. The number of nitriles is 1. The Morgan fingerprint density at radius 1 is 1.22 bits per heavy atom. The van der Waals surface area contributed by atoms with Crippen LogP contribution in [0.3, 0.4) is 0 Å². The second-order valence-corrected chi connectivity index (χ2v) is 6.10. The highest BCUT2D eigenvalue weighted by atomic mass is 35.5. The summed E-state index contributed by atoms with van der Waals surface area (Å²) in [7, 11) is 0. The minimum absolute atomic E-state index is 0.164. The van der Waals surface area contributed by atoms with Crippen LogP contribution >= 0.6 is 22.9 Å². The van der Waals surface area contributed by atoms with Gasteiger partial charge in [0.15, 0.2) is 0 Å². The summed E-state index contributed by atoms with van der Waals surface area (Å²) in [6.07, 6.45) is 1.71. The van der Waals surface area contributed by atoms with Crippen molar-refractivity contribution in [3.05, 3.63) is 69.5 Å². The van der Waals surface area contributed by atoms with Crippen LogP contribution in [0.2, 0.25) is 5.02 Å². The first-order valence-corrected chi connectivity index (χ1v) is 8.04. The van der Waals surface area contributed by atoms with Crippen molar-refractivity contribution < 1.29 is 5.11 Å². The smallest absolute Gasteiger partial charge is 0.134 e. The van der Waals surface area contributed by atoms with Gasteiger partial charge < -0.3 is 5.11 Å². The van der Waals surface area contributed by atoms with Crippen molar-refractivity contribution in [1.29, 1.82) is 5.26 Å². The number of aromatic nitrogens is 1. The van der Waals surface area contributed by atoms with Crippen LogP contribution in [-0.2, 0) is 0 Å². The number of phenols is 1. The van der Waals surface area contributed by atoms with Crippen molar-refractivity contribution in [2.75, 3.05) is 0 Å². The summed E-state index contributed by atoms with van der Waals surface area (Å²) in [4.78, 5) is 4.52. The van der Waals surface area contributed by atoms with Gasteiger partial charge in [-0.3, -0.25) is 0 Å². The highest BCUT2D eigenvalue weighted by Gasteiger charge is 2.09. The maximum atomic E-state index is 9.51. The Morgan fingerprint density at radius 3 is 2.70 bits per heavy atom. The molecule has 3 aromatic rings. The maximum Gasteiger partial charge on any atom is 0.134 e. The molecule has 0 aliphatic carbocycles. The number of thiazole rings is 1. The number of halogens is 1. The van der Waals surface area contributed by atoms with Gasteiger partial charge >= 0.3 is 0 Å². The summed E-state index contributed by atoms with van der Waals surface area (Å²) in [5.41, 5.74) is 2.97. The topological polar surface area (TPSA) is 56.9 Å². The fourth-order valence-electron chi connectivity index (χ4n) is 2.07. The Labute approximate surface area is 142 Å². The summed E-state index contributed by atoms with van der Waals surface area (Å²) in [5.74, 6) is 0.164. The van der Waals surface area contributed by atoms with E-state index in [4.69, 9.17) is 11.6 Å². The van der Waals surface area contributed by atoms with Gasteiger partial charge in [0.1, 0.15) is 16.8 Å². The third-order valence-electron chi connectivity index (χ3n) is 3.18.